The average Bonchev–Trinajstić information content (AvgIpc) is 3.11. The van der Waals surface area contributed by atoms with Crippen molar-refractivity contribution in [2.75, 3.05) is 18.5 Å². The van der Waals surface area contributed by atoms with Crippen LogP contribution in [0.3, 0.4) is 0 Å². The third-order valence-electron chi connectivity index (χ3n) is 4.10. The molecule has 0 bridgehead atoms. The van der Waals surface area contributed by atoms with Gasteiger partial charge in [-0.1, -0.05) is 26.8 Å². The Bertz CT molecular complexity index is 1020. The molecular formula is C24H35N3O4S. The van der Waals surface area contributed by atoms with Crippen LogP contribution >= 0.6 is 11.3 Å². The third kappa shape index (κ3) is 9.84. The predicted octanol–water partition coefficient (Wildman–Crippen LogP) is 3.45. The number of phenolic OH excluding ortho intramolecular Hbond substituents is 1. The third-order valence-corrected chi connectivity index (χ3v) is 5.39. The quantitative estimate of drug-likeness (QED) is 0.461. The van der Waals surface area contributed by atoms with Gasteiger partial charge in [-0.15, -0.1) is 11.3 Å². The Balaban J connectivity index is 0.00000121. The number of nitrogens with one attached hydrogen (secondary N) is 1. The van der Waals surface area contributed by atoms with Gasteiger partial charge in [0.2, 0.25) is 0 Å². The summed E-state index contributed by atoms with van der Waals surface area (Å²) in [6, 6.07) is 9.05. The first-order chi connectivity index (χ1) is 15.4. The van der Waals surface area contributed by atoms with Gasteiger partial charge in [0.05, 0.1) is 28.3 Å². The maximum absolute atomic E-state index is 12.6. The van der Waals surface area contributed by atoms with Crippen molar-refractivity contribution in [3.8, 4) is 11.8 Å². The lowest BCUT2D eigenvalue weighted by atomic mass is 10.1. The fourth-order valence-corrected chi connectivity index (χ4v) is 3.85. The number of benzene rings is 1. The normalized spacial score (nSPS) is 12.2. The molecule has 1 aromatic heterocycles. The first-order valence-electron chi connectivity index (χ1n) is 10.7. The highest BCUT2D eigenvalue weighted by molar-refractivity contribution is 7.07. The minimum atomic E-state index is 0.0104. The van der Waals surface area contributed by atoms with Gasteiger partial charge in [0.25, 0.3) is 12.0 Å². The van der Waals surface area contributed by atoms with Crippen LogP contribution in [0.2, 0.25) is 0 Å². The van der Waals surface area contributed by atoms with Crippen LogP contribution in [0, 0.1) is 17.2 Å². The number of hydrogen-bond acceptors (Lipinski definition) is 7. The highest BCUT2D eigenvalue weighted by Crippen LogP contribution is 2.14. The number of carbonyl (C=O) groups is 1. The fourth-order valence-electron chi connectivity index (χ4n) is 2.58. The highest BCUT2D eigenvalue weighted by Gasteiger charge is 2.07. The van der Waals surface area contributed by atoms with Crippen molar-refractivity contribution >= 4 is 35.1 Å². The molecule has 0 amide bonds. The van der Waals surface area contributed by atoms with Crippen LogP contribution < -0.4 is 20.1 Å². The van der Waals surface area contributed by atoms with E-state index in [0.717, 1.165) is 15.9 Å². The molecular weight excluding hydrogens is 426 g/mol. The largest absolute Gasteiger partial charge is 0.508 e. The van der Waals surface area contributed by atoms with Gasteiger partial charge < -0.3 is 15.2 Å². The SMILES string of the molecule is CC.CCOC=O.CCn1c(=C(C)CC#N)sc(=CC(C)CNc2ccc(O)cc2)c1=O. The van der Waals surface area contributed by atoms with Gasteiger partial charge in [-0.05, 0) is 56.5 Å². The van der Waals surface area contributed by atoms with Crippen molar-refractivity contribution in [2.45, 2.75) is 54.5 Å². The number of thiazole rings is 1. The van der Waals surface area contributed by atoms with Crippen LogP contribution in [0.1, 0.15) is 48.0 Å². The van der Waals surface area contributed by atoms with Gasteiger partial charge in [0.15, 0.2) is 0 Å². The molecule has 0 aliphatic rings. The van der Waals surface area contributed by atoms with E-state index in [2.05, 4.69) is 16.1 Å². The van der Waals surface area contributed by atoms with Gasteiger partial charge in [-0.3, -0.25) is 14.2 Å². The van der Waals surface area contributed by atoms with Gasteiger partial charge in [-0.2, -0.15) is 5.26 Å². The van der Waals surface area contributed by atoms with Crippen LogP contribution in [0.4, 0.5) is 5.69 Å². The molecule has 0 aliphatic heterocycles. The zero-order valence-corrected chi connectivity index (χ0v) is 20.7. The van der Waals surface area contributed by atoms with E-state index < -0.39 is 0 Å². The second-order valence-corrected chi connectivity index (χ2v) is 7.59. The van der Waals surface area contributed by atoms with Crippen LogP contribution in [0.25, 0.3) is 11.6 Å². The first-order valence-corrected chi connectivity index (χ1v) is 11.6. The van der Waals surface area contributed by atoms with Crippen molar-refractivity contribution < 1.29 is 14.6 Å². The van der Waals surface area contributed by atoms with Crippen LogP contribution in [0.5, 0.6) is 5.75 Å². The molecule has 1 aromatic carbocycles. The molecule has 0 spiro atoms. The van der Waals surface area contributed by atoms with Crippen molar-refractivity contribution in [2.24, 2.45) is 5.92 Å². The number of aromatic nitrogens is 1. The second kappa shape index (κ2) is 16.6. The topological polar surface area (TPSA) is 104 Å². The summed E-state index contributed by atoms with van der Waals surface area (Å²) in [5.74, 6) is 0.398. The standard InChI is InChI=1S/C19H23N3O2S.C3H6O2.C2H6/c1-4-22-18(24)17(25-19(22)14(3)9-10-20)11-13(2)12-21-15-5-7-16(23)8-6-15;1-2-5-3-4;1-2/h5-8,11,13,21,23H,4,9,12H2,1-3H3;3H,2H2,1H3;1-2H3. The monoisotopic (exact) mass is 461 g/mol. The summed E-state index contributed by atoms with van der Waals surface area (Å²) < 4.78 is 7.50. The number of hydrogen-bond donors (Lipinski definition) is 2. The summed E-state index contributed by atoms with van der Waals surface area (Å²) in [5.41, 5.74) is 1.87. The number of aromatic hydroxyl groups is 1. The zero-order valence-electron chi connectivity index (χ0n) is 19.8. The van der Waals surface area contributed by atoms with Gasteiger partial charge in [0, 0.05) is 18.8 Å². The van der Waals surface area contributed by atoms with Gasteiger partial charge in [0.1, 0.15) is 5.75 Å². The second-order valence-electron chi connectivity index (χ2n) is 6.56. The van der Waals surface area contributed by atoms with E-state index in [0.29, 0.717) is 37.1 Å². The molecule has 0 radical (unpaired) electrons. The Morgan fingerprint density at radius 1 is 1.31 bits per heavy atom. The molecule has 2 aromatic rings. The molecule has 0 saturated carbocycles. The van der Waals surface area contributed by atoms with Crippen LogP contribution in [0.15, 0.2) is 29.1 Å². The average molecular weight is 462 g/mol. The van der Waals surface area contributed by atoms with E-state index in [1.165, 1.54) is 11.3 Å². The molecule has 32 heavy (non-hydrogen) atoms. The maximum atomic E-state index is 12.6. The van der Waals surface area contributed by atoms with Crippen molar-refractivity contribution in [3.63, 3.8) is 0 Å². The van der Waals surface area contributed by atoms with E-state index in [1.807, 2.05) is 52.8 Å². The number of phenols is 1. The number of anilines is 1. The molecule has 8 heteroatoms. The first kappa shape index (κ1) is 28.9. The fraction of sp³-hybridized carbons (Fsp3) is 0.458. The molecule has 2 N–H and O–H groups in total. The molecule has 0 aliphatic carbocycles. The molecule has 0 fully saturated rings. The van der Waals surface area contributed by atoms with Crippen molar-refractivity contribution in [1.82, 2.24) is 4.57 Å². The molecule has 2 rings (SSSR count). The zero-order chi connectivity index (χ0) is 24.5. The van der Waals surface area contributed by atoms with E-state index >= 15 is 0 Å². The van der Waals surface area contributed by atoms with E-state index in [4.69, 9.17) is 5.26 Å². The molecule has 1 unspecified atom stereocenters. The summed E-state index contributed by atoms with van der Waals surface area (Å²) in [4.78, 5) is 21.8. The minimum Gasteiger partial charge on any atom is -0.508 e. The number of rotatable bonds is 8. The Kier molecular flexibility index (Phi) is 15.0. The summed E-state index contributed by atoms with van der Waals surface area (Å²) >= 11 is 1.46. The number of carbonyl (C=O) groups excluding carboxylic acids is 1. The highest BCUT2D eigenvalue weighted by atomic mass is 32.1. The van der Waals surface area contributed by atoms with Crippen LogP contribution in [-0.2, 0) is 16.1 Å². The summed E-state index contributed by atoms with van der Waals surface area (Å²) in [6.07, 6.45) is 2.31. The lowest BCUT2D eigenvalue weighted by molar-refractivity contribution is -0.128. The smallest absolute Gasteiger partial charge is 0.293 e. The molecule has 1 heterocycles. The Morgan fingerprint density at radius 3 is 2.41 bits per heavy atom. The summed E-state index contributed by atoms with van der Waals surface area (Å²) in [6.45, 7) is 13.8. The molecule has 1 atom stereocenters. The molecule has 0 saturated heterocycles. The summed E-state index contributed by atoms with van der Waals surface area (Å²) in [7, 11) is 0. The van der Waals surface area contributed by atoms with E-state index in [-0.39, 0.29) is 17.2 Å². The Hall–Kier alpha value is -3.05. The van der Waals surface area contributed by atoms with E-state index in [1.54, 1.807) is 23.6 Å². The number of ether oxygens (including phenoxy) is 1. The predicted molar refractivity (Wildman–Crippen MR) is 132 cm³/mol. The van der Waals surface area contributed by atoms with Gasteiger partial charge in [-0.25, -0.2) is 0 Å². The van der Waals surface area contributed by atoms with Crippen molar-refractivity contribution in [3.05, 3.63) is 43.8 Å². The Morgan fingerprint density at radius 2 is 1.94 bits per heavy atom. The molecule has 7 nitrogen and oxygen atoms in total. The maximum Gasteiger partial charge on any atom is 0.293 e. The Labute approximate surface area is 194 Å². The summed E-state index contributed by atoms with van der Waals surface area (Å²) in [5, 5.41) is 21.5. The lowest BCUT2D eigenvalue weighted by Crippen LogP contribution is -2.31. The van der Waals surface area contributed by atoms with Gasteiger partial charge >= 0.3 is 0 Å². The number of nitrogens with zero attached hydrogens (tertiary/aromatic N) is 2. The van der Waals surface area contributed by atoms with E-state index in [9.17, 15) is 14.7 Å². The van der Waals surface area contributed by atoms with Crippen molar-refractivity contribution in [1.29, 1.82) is 5.26 Å². The molecule has 176 valence electrons. The lowest BCUT2D eigenvalue weighted by Gasteiger charge is -2.09. The minimum absolute atomic E-state index is 0.0104. The van der Waals surface area contributed by atoms with Crippen LogP contribution in [-0.4, -0.2) is 29.3 Å². The number of nitriles is 1.